The van der Waals surface area contributed by atoms with E-state index in [4.69, 9.17) is 5.11 Å². The summed E-state index contributed by atoms with van der Waals surface area (Å²) in [6.07, 6.45) is -5.41. The maximum Gasteiger partial charge on any atom is 0.407 e. The Morgan fingerprint density at radius 2 is 1.81 bits per heavy atom. The van der Waals surface area contributed by atoms with Crippen LogP contribution in [0.3, 0.4) is 0 Å². The summed E-state index contributed by atoms with van der Waals surface area (Å²) < 4.78 is 35.3. The molecule has 0 atom stereocenters. The number of nitrogens with zero attached hydrogens (tertiary/aromatic N) is 1. The van der Waals surface area contributed by atoms with E-state index in [0.29, 0.717) is 0 Å². The summed E-state index contributed by atoms with van der Waals surface area (Å²) in [6.45, 7) is 3.95. The zero-order valence-corrected chi connectivity index (χ0v) is 9.56. The highest BCUT2D eigenvalue weighted by molar-refractivity contribution is 5.65. The molecule has 0 spiro atoms. The molecule has 1 amide bonds. The smallest absolute Gasteiger partial charge is 0.407 e. The lowest BCUT2D eigenvalue weighted by molar-refractivity contribution is -0.124. The van der Waals surface area contributed by atoms with E-state index in [9.17, 15) is 18.0 Å². The van der Waals surface area contributed by atoms with Crippen molar-refractivity contribution in [3.8, 4) is 0 Å². The van der Waals surface area contributed by atoms with Gasteiger partial charge in [-0.15, -0.1) is 0 Å². The molecule has 4 nitrogen and oxygen atoms in total. The van der Waals surface area contributed by atoms with Gasteiger partial charge in [0, 0.05) is 18.6 Å². The number of halogens is 3. The number of amides is 1. The van der Waals surface area contributed by atoms with Gasteiger partial charge in [0.25, 0.3) is 0 Å². The lowest BCUT2D eigenvalue weighted by atomic mass is 10.1. The van der Waals surface area contributed by atoms with Crippen LogP contribution < -0.4 is 5.32 Å². The number of nitrogens with one attached hydrogen (secondary N) is 1. The van der Waals surface area contributed by atoms with E-state index in [0.717, 1.165) is 4.90 Å². The van der Waals surface area contributed by atoms with E-state index in [2.05, 4.69) is 5.32 Å². The summed E-state index contributed by atoms with van der Waals surface area (Å²) in [4.78, 5) is 11.9. The molecule has 16 heavy (non-hydrogen) atoms. The molecule has 7 heteroatoms. The third kappa shape index (κ3) is 6.49. The first-order valence-corrected chi connectivity index (χ1v) is 4.82. The molecule has 0 saturated carbocycles. The van der Waals surface area contributed by atoms with Gasteiger partial charge < -0.3 is 15.3 Å². The summed E-state index contributed by atoms with van der Waals surface area (Å²) in [5.41, 5.74) is -0.619. The summed E-state index contributed by atoms with van der Waals surface area (Å²) in [7, 11) is 0. The van der Waals surface area contributed by atoms with Crippen molar-refractivity contribution in [2.24, 2.45) is 0 Å². The van der Waals surface area contributed by atoms with Crippen LogP contribution in [0.2, 0.25) is 0 Å². The second-order valence-corrected chi connectivity index (χ2v) is 4.40. The third-order valence-electron chi connectivity index (χ3n) is 1.88. The van der Waals surface area contributed by atoms with Crippen molar-refractivity contribution in [2.75, 3.05) is 19.6 Å². The van der Waals surface area contributed by atoms with Crippen molar-refractivity contribution < 1.29 is 23.1 Å². The zero-order valence-electron chi connectivity index (χ0n) is 9.56. The number of carbonyl (C=O) groups is 1. The number of carboxylic acid groups (broad SMARTS) is 1. The van der Waals surface area contributed by atoms with Crippen LogP contribution in [0.1, 0.15) is 20.8 Å². The molecule has 0 rings (SSSR count). The topological polar surface area (TPSA) is 52.6 Å². The van der Waals surface area contributed by atoms with Crippen LogP contribution in [-0.4, -0.2) is 47.4 Å². The van der Waals surface area contributed by atoms with Gasteiger partial charge >= 0.3 is 12.3 Å². The Balaban J connectivity index is 4.02. The molecular weight excluding hydrogens is 225 g/mol. The first-order chi connectivity index (χ1) is 7.04. The molecule has 0 fully saturated rings. The van der Waals surface area contributed by atoms with Crippen LogP contribution in [0.4, 0.5) is 18.0 Å². The third-order valence-corrected chi connectivity index (χ3v) is 1.88. The normalized spacial score (nSPS) is 12.6. The van der Waals surface area contributed by atoms with Crippen molar-refractivity contribution in [1.29, 1.82) is 0 Å². The van der Waals surface area contributed by atoms with Gasteiger partial charge in [-0.2, -0.15) is 13.2 Å². The van der Waals surface area contributed by atoms with Crippen LogP contribution in [0.5, 0.6) is 0 Å². The minimum atomic E-state index is -4.27. The maximum atomic E-state index is 11.8. The summed E-state index contributed by atoms with van der Waals surface area (Å²) >= 11 is 0. The summed E-state index contributed by atoms with van der Waals surface area (Å²) in [6, 6.07) is 0. The molecule has 0 heterocycles. The summed E-state index contributed by atoms with van der Waals surface area (Å²) in [5, 5.41) is 11.0. The van der Waals surface area contributed by atoms with Gasteiger partial charge in [-0.1, -0.05) is 0 Å². The molecule has 2 N–H and O–H groups in total. The van der Waals surface area contributed by atoms with E-state index in [1.807, 2.05) is 0 Å². The minimum absolute atomic E-state index is 0.0227. The molecule has 0 aliphatic carbocycles. The number of hydrogen-bond acceptors (Lipinski definition) is 2. The van der Waals surface area contributed by atoms with Gasteiger partial charge in [-0.3, -0.25) is 0 Å². The predicted molar refractivity (Wildman–Crippen MR) is 53.4 cm³/mol. The van der Waals surface area contributed by atoms with Gasteiger partial charge in [-0.05, 0) is 20.8 Å². The molecule has 0 radical (unpaired) electrons. The van der Waals surface area contributed by atoms with Crippen molar-refractivity contribution in [1.82, 2.24) is 10.2 Å². The van der Waals surface area contributed by atoms with E-state index in [-0.39, 0.29) is 13.1 Å². The van der Waals surface area contributed by atoms with Crippen molar-refractivity contribution >= 4 is 6.09 Å². The average Bonchev–Trinajstić information content (AvgIpc) is 1.97. The largest absolute Gasteiger partial charge is 0.465 e. The van der Waals surface area contributed by atoms with E-state index >= 15 is 0 Å². The molecule has 0 aromatic carbocycles. The summed E-state index contributed by atoms with van der Waals surface area (Å²) in [5.74, 6) is 0. The quantitative estimate of drug-likeness (QED) is 0.740. The van der Waals surface area contributed by atoms with Gasteiger partial charge in [0.05, 0.1) is 6.54 Å². The molecule has 0 aromatic rings. The van der Waals surface area contributed by atoms with Crippen molar-refractivity contribution in [2.45, 2.75) is 32.5 Å². The SMILES string of the molecule is CC(C)(C)N(CCNCC(F)(F)F)C(=O)O. The molecule has 0 unspecified atom stereocenters. The fraction of sp³-hybridized carbons (Fsp3) is 0.889. The average molecular weight is 242 g/mol. The zero-order chi connectivity index (χ0) is 13.0. The first kappa shape index (κ1) is 15.0. The Morgan fingerprint density at radius 1 is 1.31 bits per heavy atom. The Labute approximate surface area is 92.4 Å². The molecule has 0 bridgehead atoms. The molecule has 0 aliphatic rings. The van der Waals surface area contributed by atoms with Crippen LogP contribution >= 0.6 is 0 Å². The van der Waals surface area contributed by atoms with Crippen LogP contribution in [0.15, 0.2) is 0 Å². The second-order valence-electron chi connectivity index (χ2n) is 4.40. The molecular formula is C9H17F3N2O2. The minimum Gasteiger partial charge on any atom is -0.465 e. The monoisotopic (exact) mass is 242 g/mol. The Morgan fingerprint density at radius 3 is 2.12 bits per heavy atom. The predicted octanol–water partition coefficient (Wildman–Crippen LogP) is 1.92. The molecule has 0 aliphatic heterocycles. The van der Waals surface area contributed by atoms with Gasteiger partial charge in [0.15, 0.2) is 0 Å². The molecule has 0 aromatic heterocycles. The van der Waals surface area contributed by atoms with Crippen molar-refractivity contribution in [3.63, 3.8) is 0 Å². The lowest BCUT2D eigenvalue weighted by Gasteiger charge is -2.33. The standard InChI is InChI=1S/C9H17F3N2O2/c1-8(2,3)14(7(15)16)5-4-13-6-9(10,11)12/h13H,4-6H2,1-3H3,(H,15,16). The van der Waals surface area contributed by atoms with E-state index < -0.39 is 24.4 Å². The highest BCUT2D eigenvalue weighted by Gasteiger charge is 2.28. The number of rotatable bonds is 4. The number of hydrogen-bond donors (Lipinski definition) is 2. The Kier molecular flexibility index (Phi) is 5.05. The molecule has 96 valence electrons. The lowest BCUT2D eigenvalue weighted by Crippen LogP contribution is -2.48. The van der Waals surface area contributed by atoms with Gasteiger partial charge in [0.1, 0.15) is 0 Å². The first-order valence-electron chi connectivity index (χ1n) is 4.82. The van der Waals surface area contributed by atoms with Crippen LogP contribution in [0, 0.1) is 0 Å². The fourth-order valence-electron chi connectivity index (χ4n) is 1.14. The van der Waals surface area contributed by atoms with E-state index in [1.165, 1.54) is 0 Å². The van der Waals surface area contributed by atoms with Crippen molar-refractivity contribution in [3.05, 3.63) is 0 Å². The molecule has 0 saturated heterocycles. The maximum absolute atomic E-state index is 11.8. The highest BCUT2D eigenvalue weighted by Crippen LogP contribution is 2.13. The van der Waals surface area contributed by atoms with Crippen LogP contribution in [0.25, 0.3) is 0 Å². The fourth-order valence-corrected chi connectivity index (χ4v) is 1.14. The Hall–Kier alpha value is -0.980. The van der Waals surface area contributed by atoms with E-state index in [1.54, 1.807) is 20.8 Å². The Bertz CT molecular complexity index is 236. The number of alkyl halides is 3. The second kappa shape index (κ2) is 5.38. The highest BCUT2D eigenvalue weighted by atomic mass is 19.4. The van der Waals surface area contributed by atoms with Gasteiger partial charge in [0.2, 0.25) is 0 Å². The van der Waals surface area contributed by atoms with Crippen LogP contribution in [-0.2, 0) is 0 Å². The van der Waals surface area contributed by atoms with Gasteiger partial charge in [-0.25, -0.2) is 4.79 Å².